The number of ether oxygens (including phenoxy) is 2. The van der Waals surface area contributed by atoms with Gasteiger partial charge in [0.15, 0.2) is 0 Å². The Labute approximate surface area is 212 Å². The van der Waals surface area contributed by atoms with Crippen LogP contribution in [0.15, 0.2) is 10.9 Å². The standard InChI is InChI=1S/C28H35N2O5Si/c1-14-15(2)17(4)24-23(16(14)3)26(36(7,8)9)18-12-29-21(25(18)30(24)33)10-20-19(27(29)32)13-35-22(31)11-28(20,5)34-6/h10,33H,11-13H2,1-9H3/q+1. The molecule has 8 heteroatoms. The van der Waals surface area contributed by atoms with Crippen LogP contribution >= 0.6 is 0 Å². The van der Waals surface area contributed by atoms with Gasteiger partial charge in [-0.1, -0.05) is 19.6 Å². The number of aryl methyl sites for hydroxylation is 2. The lowest BCUT2D eigenvalue weighted by Gasteiger charge is -2.27. The minimum absolute atomic E-state index is 0.0139. The summed E-state index contributed by atoms with van der Waals surface area (Å²) in [6, 6.07) is 1.92. The van der Waals surface area contributed by atoms with Crippen molar-refractivity contribution in [1.29, 1.82) is 0 Å². The average Bonchev–Trinajstić information content (AvgIpc) is 3.13. The number of carbonyl (C=O) groups excluding carboxylic acids is 1. The predicted molar refractivity (Wildman–Crippen MR) is 141 cm³/mol. The number of esters is 1. The van der Waals surface area contributed by atoms with Gasteiger partial charge in [-0.3, -0.25) is 19.4 Å². The maximum Gasteiger partial charge on any atom is 0.309 e. The van der Waals surface area contributed by atoms with E-state index in [0.717, 1.165) is 27.6 Å². The second-order valence-corrected chi connectivity index (χ2v) is 16.6. The van der Waals surface area contributed by atoms with Gasteiger partial charge in [0, 0.05) is 17.4 Å². The normalized spacial score (nSPS) is 19.1. The lowest BCUT2D eigenvalue weighted by atomic mass is 9.89. The number of rotatable bonds is 2. The van der Waals surface area contributed by atoms with Crippen LogP contribution in [0.25, 0.3) is 22.3 Å². The highest BCUT2D eigenvalue weighted by molar-refractivity contribution is 6.90. The molecule has 0 saturated carbocycles. The van der Waals surface area contributed by atoms with Crippen LogP contribution in [0.1, 0.15) is 52.3 Å². The first kappa shape index (κ1) is 24.7. The van der Waals surface area contributed by atoms with Gasteiger partial charge in [0.2, 0.25) is 0 Å². The molecule has 1 atom stereocenters. The summed E-state index contributed by atoms with van der Waals surface area (Å²) >= 11 is 0. The largest absolute Gasteiger partial charge is 0.460 e. The van der Waals surface area contributed by atoms with Crippen LogP contribution in [0.5, 0.6) is 0 Å². The summed E-state index contributed by atoms with van der Waals surface area (Å²) < 4.78 is 14.2. The van der Waals surface area contributed by atoms with Gasteiger partial charge in [-0.25, -0.2) is 0 Å². The van der Waals surface area contributed by atoms with Crippen molar-refractivity contribution in [3.05, 3.63) is 55.4 Å². The number of aromatic nitrogens is 2. The molecule has 0 spiro atoms. The molecule has 3 aromatic rings. The Balaban J connectivity index is 1.97. The van der Waals surface area contributed by atoms with E-state index < -0.39 is 19.6 Å². The number of hydrogen-bond donors (Lipinski definition) is 1. The molecule has 1 aromatic carbocycles. The molecule has 2 aromatic heterocycles. The first-order valence-electron chi connectivity index (χ1n) is 12.4. The summed E-state index contributed by atoms with van der Waals surface area (Å²) in [6.07, 6.45) is 0.0139. The van der Waals surface area contributed by atoms with Crippen molar-refractivity contribution < 1.29 is 24.2 Å². The molecule has 0 amide bonds. The zero-order valence-electron chi connectivity index (χ0n) is 22.7. The third-order valence-corrected chi connectivity index (χ3v) is 10.6. The Hall–Kier alpha value is -2.97. The van der Waals surface area contributed by atoms with Gasteiger partial charge in [0.1, 0.15) is 17.9 Å². The van der Waals surface area contributed by atoms with E-state index in [1.54, 1.807) is 11.7 Å². The highest BCUT2D eigenvalue weighted by Crippen LogP contribution is 2.39. The molecule has 0 radical (unpaired) electrons. The smallest absolute Gasteiger partial charge is 0.309 e. The molecule has 5 rings (SSSR count). The number of hydrogen-bond acceptors (Lipinski definition) is 5. The highest BCUT2D eigenvalue weighted by atomic mass is 28.3. The quantitative estimate of drug-likeness (QED) is 0.194. The van der Waals surface area contributed by atoms with Crippen molar-refractivity contribution in [3.8, 4) is 11.4 Å². The lowest BCUT2D eigenvalue weighted by Crippen LogP contribution is -2.47. The van der Waals surface area contributed by atoms with Gasteiger partial charge in [-0.05, 0) is 68.1 Å². The SMILES string of the molecule is COC1(C)CC(=O)OCc2c1cc1n(c2=O)Cc2c([Si](C)(C)C)c3c(C)c(C)c(C)c(C)c3[n+](O)c2-1. The second kappa shape index (κ2) is 7.76. The summed E-state index contributed by atoms with van der Waals surface area (Å²) in [7, 11) is -0.403. The van der Waals surface area contributed by atoms with Crippen molar-refractivity contribution in [2.24, 2.45) is 0 Å². The zero-order chi connectivity index (χ0) is 26.5. The Morgan fingerprint density at radius 2 is 1.69 bits per heavy atom. The number of carbonyl (C=O) groups is 1. The van der Waals surface area contributed by atoms with E-state index in [9.17, 15) is 14.8 Å². The van der Waals surface area contributed by atoms with Crippen LogP contribution in [-0.4, -0.2) is 30.9 Å². The predicted octanol–water partition coefficient (Wildman–Crippen LogP) is 3.64. The van der Waals surface area contributed by atoms with Crippen LogP contribution in [0.2, 0.25) is 19.6 Å². The molecule has 0 saturated heterocycles. The molecular weight excluding hydrogens is 472 g/mol. The van der Waals surface area contributed by atoms with Gasteiger partial charge >= 0.3 is 5.97 Å². The second-order valence-electron chi connectivity index (χ2n) is 11.6. The fraction of sp³-hybridized carbons (Fsp3) is 0.464. The van der Waals surface area contributed by atoms with Crippen molar-refractivity contribution in [3.63, 3.8) is 0 Å². The molecular formula is C28H35N2O5Si+. The summed E-state index contributed by atoms with van der Waals surface area (Å²) in [5.41, 5.74) is 7.57. The monoisotopic (exact) mass is 507 g/mol. The molecule has 36 heavy (non-hydrogen) atoms. The van der Waals surface area contributed by atoms with E-state index in [2.05, 4.69) is 47.3 Å². The van der Waals surface area contributed by atoms with Gasteiger partial charge in [-0.15, -0.1) is 0 Å². The average molecular weight is 508 g/mol. The third kappa shape index (κ3) is 3.16. The van der Waals surface area contributed by atoms with Gasteiger partial charge in [0.05, 0.1) is 37.6 Å². The molecule has 0 fully saturated rings. The number of benzene rings is 1. The molecule has 190 valence electrons. The van der Waals surface area contributed by atoms with Crippen LogP contribution in [-0.2, 0) is 33.0 Å². The highest BCUT2D eigenvalue weighted by Gasteiger charge is 2.44. The molecule has 7 nitrogen and oxygen atoms in total. The number of fused-ring (bicyclic) bond motifs is 5. The van der Waals surface area contributed by atoms with Gasteiger partial charge in [-0.2, -0.15) is 0 Å². The van der Waals surface area contributed by atoms with Crippen LogP contribution in [0.4, 0.5) is 0 Å². The molecule has 2 aliphatic rings. The first-order chi connectivity index (χ1) is 16.7. The number of nitrogens with zero attached hydrogens (tertiary/aromatic N) is 2. The minimum Gasteiger partial charge on any atom is -0.460 e. The van der Waals surface area contributed by atoms with Crippen molar-refractivity contribution in [2.45, 2.75) is 79.4 Å². The third-order valence-electron chi connectivity index (χ3n) is 8.50. The Morgan fingerprint density at radius 3 is 2.31 bits per heavy atom. The molecule has 1 N–H and O–H groups in total. The molecule has 4 heterocycles. The van der Waals surface area contributed by atoms with Crippen LogP contribution in [0, 0.1) is 27.7 Å². The fourth-order valence-corrected chi connectivity index (χ4v) is 8.34. The Morgan fingerprint density at radius 1 is 1.06 bits per heavy atom. The Kier molecular flexibility index (Phi) is 5.33. The van der Waals surface area contributed by atoms with Gasteiger partial charge < -0.3 is 9.47 Å². The van der Waals surface area contributed by atoms with Crippen molar-refractivity contribution >= 4 is 30.1 Å². The topological polar surface area (TPSA) is 81.6 Å². The van der Waals surface area contributed by atoms with Crippen LogP contribution < -0.4 is 15.5 Å². The van der Waals surface area contributed by atoms with E-state index in [1.807, 2.05) is 13.0 Å². The molecule has 0 bridgehead atoms. The van der Waals surface area contributed by atoms with E-state index in [1.165, 1.54) is 21.0 Å². The molecule has 0 aliphatic carbocycles. The van der Waals surface area contributed by atoms with E-state index in [0.29, 0.717) is 29.1 Å². The summed E-state index contributed by atoms with van der Waals surface area (Å²) in [5, 5.41) is 14.2. The van der Waals surface area contributed by atoms with E-state index in [-0.39, 0.29) is 18.6 Å². The van der Waals surface area contributed by atoms with E-state index in [4.69, 9.17) is 9.47 Å². The minimum atomic E-state index is -1.95. The molecule has 1 unspecified atom stereocenters. The number of methoxy groups -OCH3 is 1. The fourth-order valence-electron chi connectivity index (χ4n) is 6.19. The van der Waals surface area contributed by atoms with Gasteiger partial charge in [0.25, 0.3) is 16.8 Å². The zero-order valence-corrected chi connectivity index (χ0v) is 23.7. The first-order valence-corrected chi connectivity index (χ1v) is 15.9. The van der Waals surface area contributed by atoms with E-state index >= 15 is 0 Å². The lowest BCUT2D eigenvalue weighted by molar-refractivity contribution is -0.876. The molecule has 2 aliphatic heterocycles. The number of cyclic esters (lactones) is 1. The van der Waals surface area contributed by atoms with Crippen LogP contribution in [0.3, 0.4) is 0 Å². The Bertz CT molecular complexity index is 1560. The summed E-state index contributed by atoms with van der Waals surface area (Å²) in [5.74, 6) is -0.401. The maximum atomic E-state index is 13.9. The number of pyridine rings is 2. The maximum absolute atomic E-state index is 13.9. The summed E-state index contributed by atoms with van der Waals surface area (Å²) in [4.78, 5) is 26.2. The van der Waals surface area contributed by atoms with Crippen molar-refractivity contribution in [1.82, 2.24) is 4.57 Å². The van der Waals surface area contributed by atoms with Crippen molar-refractivity contribution in [2.75, 3.05) is 7.11 Å². The summed E-state index contributed by atoms with van der Waals surface area (Å²) in [6.45, 7) is 17.5.